The number of nitrogens with zero attached hydrogens (tertiary/aromatic N) is 3. The molecule has 0 fully saturated rings. The fourth-order valence-corrected chi connectivity index (χ4v) is 2.00. The molecule has 110 valence electrons. The number of nitrogens with two attached hydrogens (primary N) is 1. The lowest BCUT2D eigenvalue weighted by atomic mass is 10.2. The number of hydrogen-bond acceptors (Lipinski definition) is 4. The molecule has 0 radical (unpaired) electrons. The zero-order valence-corrected chi connectivity index (χ0v) is 12.8. The lowest BCUT2D eigenvalue weighted by Crippen LogP contribution is -2.09. The van der Waals surface area contributed by atoms with E-state index in [0.717, 1.165) is 5.56 Å². The first kappa shape index (κ1) is 15.2. The van der Waals surface area contributed by atoms with E-state index >= 15 is 0 Å². The van der Waals surface area contributed by atoms with Crippen LogP contribution in [-0.2, 0) is 13.2 Å². The zero-order chi connectivity index (χ0) is 15.4. The van der Waals surface area contributed by atoms with Gasteiger partial charge in [0.2, 0.25) is 0 Å². The number of benzene rings is 1. The summed E-state index contributed by atoms with van der Waals surface area (Å²) in [6.45, 7) is 5.07. The molecule has 6 heteroatoms. The second-order valence-corrected chi connectivity index (χ2v) is 5.60. The number of anilines is 1. The van der Waals surface area contributed by atoms with E-state index in [1.807, 2.05) is 18.2 Å². The molecular formula is C15H17ClN4O. The van der Waals surface area contributed by atoms with Gasteiger partial charge in [-0.25, -0.2) is 4.68 Å². The number of hydrogen-bond donors (Lipinski definition) is 1. The van der Waals surface area contributed by atoms with E-state index in [1.54, 1.807) is 16.8 Å². The Hall–Kier alpha value is -2.19. The molecule has 1 heterocycles. The van der Waals surface area contributed by atoms with Gasteiger partial charge >= 0.3 is 0 Å². The average molecular weight is 305 g/mol. The molecule has 0 aliphatic heterocycles. The third-order valence-electron chi connectivity index (χ3n) is 2.90. The Kier molecular flexibility index (Phi) is 4.71. The van der Waals surface area contributed by atoms with Gasteiger partial charge in [0, 0.05) is 11.6 Å². The Morgan fingerprint density at radius 3 is 2.62 bits per heavy atom. The number of nitriles is 1. The minimum atomic E-state index is 0.269. The Morgan fingerprint density at radius 1 is 1.38 bits per heavy atom. The van der Waals surface area contributed by atoms with Gasteiger partial charge in [0.25, 0.3) is 5.88 Å². The third-order valence-corrected chi connectivity index (χ3v) is 3.15. The van der Waals surface area contributed by atoms with Crippen LogP contribution >= 0.6 is 11.6 Å². The van der Waals surface area contributed by atoms with Crippen LogP contribution in [0.3, 0.4) is 0 Å². The van der Waals surface area contributed by atoms with Gasteiger partial charge in [-0.05, 0) is 23.6 Å². The molecule has 2 aromatic rings. The molecule has 0 unspecified atom stereocenters. The van der Waals surface area contributed by atoms with Crippen LogP contribution in [0.1, 0.15) is 25.0 Å². The molecule has 0 atom stereocenters. The standard InChI is InChI=1S/C15H17ClN4O/c1-10(2)8-20-14(18)13(7-17)15(19-20)21-9-11-3-5-12(16)6-4-11/h3-6,10H,8-9,18H2,1-2H3. The van der Waals surface area contributed by atoms with E-state index < -0.39 is 0 Å². The molecule has 0 spiro atoms. The van der Waals surface area contributed by atoms with E-state index in [-0.39, 0.29) is 11.4 Å². The highest BCUT2D eigenvalue weighted by Crippen LogP contribution is 2.24. The lowest BCUT2D eigenvalue weighted by molar-refractivity contribution is 0.287. The van der Waals surface area contributed by atoms with Gasteiger partial charge in [-0.15, -0.1) is 5.10 Å². The number of aromatic nitrogens is 2. The van der Waals surface area contributed by atoms with E-state index in [9.17, 15) is 5.26 Å². The highest BCUT2D eigenvalue weighted by Gasteiger charge is 2.17. The van der Waals surface area contributed by atoms with Crippen molar-refractivity contribution < 1.29 is 4.74 Å². The van der Waals surface area contributed by atoms with Crippen LogP contribution in [0.5, 0.6) is 5.88 Å². The number of ether oxygens (including phenoxy) is 1. The van der Waals surface area contributed by atoms with Crippen molar-refractivity contribution in [1.29, 1.82) is 5.26 Å². The molecular weight excluding hydrogens is 288 g/mol. The number of halogens is 1. The molecule has 1 aromatic carbocycles. The predicted octanol–water partition coefficient (Wildman–Crippen LogP) is 3.23. The molecule has 1 aromatic heterocycles. The summed E-state index contributed by atoms with van der Waals surface area (Å²) in [4.78, 5) is 0. The SMILES string of the molecule is CC(C)Cn1nc(OCc2ccc(Cl)cc2)c(C#N)c1N. The monoisotopic (exact) mass is 304 g/mol. The fraction of sp³-hybridized carbons (Fsp3) is 0.333. The van der Waals surface area contributed by atoms with Crippen molar-refractivity contribution in [3.8, 4) is 11.9 Å². The normalized spacial score (nSPS) is 10.6. The third kappa shape index (κ3) is 3.67. The molecule has 0 aliphatic carbocycles. The maximum atomic E-state index is 9.20. The fourth-order valence-electron chi connectivity index (χ4n) is 1.88. The van der Waals surface area contributed by atoms with Crippen molar-refractivity contribution in [3.63, 3.8) is 0 Å². The molecule has 0 saturated heterocycles. The van der Waals surface area contributed by atoms with Crippen molar-refractivity contribution in [2.75, 3.05) is 5.73 Å². The van der Waals surface area contributed by atoms with Crippen molar-refractivity contribution in [2.45, 2.75) is 27.0 Å². The van der Waals surface area contributed by atoms with E-state index in [2.05, 4.69) is 18.9 Å². The predicted molar refractivity (Wildman–Crippen MR) is 82.0 cm³/mol. The highest BCUT2D eigenvalue weighted by atomic mass is 35.5. The Labute approximate surface area is 128 Å². The smallest absolute Gasteiger partial charge is 0.253 e. The van der Waals surface area contributed by atoms with Crippen LogP contribution in [0.15, 0.2) is 24.3 Å². The lowest BCUT2D eigenvalue weighted by Gasteiger charge is -2.06. The van der Waals surface area contributed by atoms with Gasteiger partial charge in [-0.1, -0.05) is 37.6 Å². The summed E-state index contributed by atoms with van der Waals surface area (Å²) in [5.41, 5.74) is 7.16. The summed E-state index contributed by atoms with van der Waals surface area (Å²) in [7, 11) is 0. The average Bonchev–Trinajstić information content (AvgIpc) is 2.73. The van der Waals surface area contributed by atoms with Crippen molar-refractivity contribution in [3.05, 3.63) is 40.4 Å². The van der Waals surface area contributed by atoms with E-state index in [4.69, 9.17) is 22.1 Å². The molecule has 2 rings (SSSR count). The molecule has 0 saturated carbocycles. The first-order valence-electron chi connectivity index (χ1n) is 6.65. The summed E-state index contributed by atoms with van der Waals surface area (Å²) >= 11 is 5.83. The van der Waals surface area contributed by atoms with Crippen molar-refractivity contribution >= 4 is 17.4 Å². The largest absolute Gasteiger partial charge is 0.471 e. The van der Waals surface area contributed by atoms with Crippen molar-refractivity contribution in [1.82, 2.24) is 9.78 Å². The molecule has 5 nitrogen and oxygen atoms in total. The van der Waals surface area contributed by atoms with E-state index in [0.29, 0.717) is 29.9 Å². The summed E-state index contributed by atoms with van der Waals surface area (Å²) in [5, 5.41) is 14.1. The van der Waals surface area contributed by atoms with Crippen LogP contribution in [-0.4, -0.2) is 9.78 Å². The van der Waals surface area contributed by atoms with Gasteiger partial charge in [0.15, 0.2) is 5.56 Å². The number of nitrogen functional groups attached to an aromatic ring is 1. The molecule has 0 bridgehead atoms. The zero-order valence-electron chi connectivity index (χ0n) is 12.0. The first-order chi connectivity index (χ1) is 10.0. The summed E-state index contributed by atoms with van der Waals surface area (Å²) in [6.07, 6.45) is 0. The molecule has 2 N–H and O–H groups in total. The quantitative estimate of drug-likeness (QED) is 0.920. The van der Waals surface area contributed by atoms with Crippen LogP contribution in [0.4, 0.5) is 5.82 Å². The van der Waals surface area contributed by atoms with Gasteiger partial charge < -0.3 is 10.5 Å². The van der Waals surface area contributed by atoms with Crippen LogP contribution < -0.4 is 10.5 Å². The summed E-state index contributed by atoms with van der Waals surface area (Å²) in [6, 6.07) is 9.35. The van der Waals surface area contributed by atoms with Crippen LogP contribution in [0.25, 0.3) is 0 Å². The maximum Gasteiger partial charge on any atom is 0.253 e. The Bertz CT molecular complexity index is 656. The van der Waals surface area contributed by atoms with Crippen LogP contribution in [0, 0.1) is 17.2 Å². The van der Waals surface area contributed by atoms with Gasteiger partial charge in [-0.3, -0.25) is 0 Å². The second-order valence-electron chi connectivity index (χ2n) is 5.17. The Morgan fingerprint density at radius 2 is 2.05 bits per heavy atom. The summed E-state index contributed by atoms with van der Waals surface area (Å²) in [5.74, 6) is 0.991. The highest BCUT2D eigenvalue weighted by molar-refractivity contribution is 6.30. The molecule has 0 aliphatic rings. The summed E-state index contributed by atoms with van der Waals surface area (Å²) < 4.78 is 7.23. The van der Waals surface area contributed by atoms with Crippen molar-refractivity contribution in [2.24, 2.45) is 5.92 Å². The molecule has 21 heavy (non-hydrogen) atoms. The Balaban J connectivity index is 2.16. The topological polar surface area (TPSA) is 76.9 Å². The minimum Gasteiger partial charge on any atom is -0.471 e. The molecule has 0 amide bonds. The van der Waals surface area contributed by atoms with Crippen LogP contribution in [0.2, 0.25) is 5.02 Å². The van der Waals surface area contributed by atoms with Gasteiger partial charge in [-0.2, -0.15) is 5.26 Å². The van der Waals surface area contributed by atoms with E-state index in [1.165, 1.54) is 0 Å². The maximum absolute atomic E-state index is 9.20. The second kappa shape index (κ2) is 6.51. The van der Waals surface area contributed by atoms with Gasteiger partial charge in [0.05, 0.1) is 0 Å². The minimum absolute atomic E-state index is 0.269. The first-order valence-corrected chi connectivity index (χ1v) is 7.02. The van der Waals surface area contributed by atoms with Gasteiger partial charge in [0.1, 0.15) is 18.5 Å². The number of rotatable bonds is 5.